The van der Waals surface area contributed by atoms with E-state index in [2.05, 4.69) is 33.0 Å². The highest BCUT2D eigenvalue weighted by Crippen LogP contribution is 2.15. The highest BCUT2D eigenvalue weighted by atomic mass is 16.3. The first kappa shape index (κ1) is 13.9. The van der Waals surface area contributed by atoms with Crippen LogP contribution < -0.4 is 5.32 Å². The first-order valence-electron chi connectivity index (χ1n) is 5.97. The molecule has 0 saturated carbocycles. The van der Waals surface area contributed by atoms with Crippen LogP contribution in [0.4, 0.5) is 0 Å². The second-order valence-corrected chi connectivity index (χ2v) is 4.45. The summed E-state index contributed by atoms with van der Waals surface area (Å²) in [5, 5.41) is 12.6. The van der Waals surface area contributed by atoms with Gasteiger partial charge < -0.3 is 10.4 Å². The van der Waals surface area contributed by atoms with Gasteiger partial charge in [-0.3, -0.25) is 0 Å². The topological polar surface area (TPSA) is 32.3 Å². The van der Waals surface area contributed by atoms with Crippen molar-refractivity contribution in [2.75, 3.05) is 13.2 Å². The molecular formula is C12H27NO. The Labute approximate surface area is 89.1 Å². The molecule has 0 bridgehead atoms. The van der Waals surface area contributed by atoms with Gasteiger partial charge >= 0.3 is 0 Å². The molecule has 0 rings (SSSR count). The molecule has 1 unspecified atom stereocenters. The zero-order valence-corrected chi connectivity index (χ0v) is 10.3. The highest BCUT2D eigenvalue weighted by molar-refractivity contribution is 4.81. The number of aliphatic hydroxyl groups is 1. The van der Waals surface area contributed by atoms with Gasteiger partial charge in [0.05, 0.1) is 0 Å². The number of aliphatic hydroxyl groups excluding tert-OH is 1. The quantitative estimate of drug-likeness (QED) is 0.632. The normalized spacial score (nSPS) is 15.9. The molecule has 86 valence electrons. The van der Waals surface area contributed by atoms with Gasteiger partial charge in [0.2, 0.25) is 0 Å². The maximum atomic E-state index is 8.97. The summed E-state index contributed by atoms with van der Waals surface area (Å²) in [4.78, 5) is 0. The summed E-state index contributed by atoms with van der Waals surface area (Å²) in [6.45, 7) is 10.2. The van der Waals surface area contributed by atoms with Crippen molar-refractivity contribution < 1.29 is 5.11 Å². The van der Waals surface area contributed by atoms with E-state index >= 15 is 0 Å². The van der Waals surface area contributed by atoms with Gasteiger partial charge in [-0.1, -0.05) is 33.6 Å². The molecule has 0 spiro atoms. The zero-order valence-electron chi connectivity index (χ0n) is 10.3. The molecule has 2 nitrogen and oxygen atoms in total. The lowest BCUT2D eigenvalue weighted by molar-refractivity contribution is 0.208. The number of hydrogen-bond donors (Lipinski definition) is 2. The summed E-state index contributed by atoms with van der Waals surface area (Å²) in [7, 11) is 0. The van der Waals surface area contributed by atoms with E-state index in [9.17, 15) is 0 Å². The standard InChI is InChI=1S/C12H27NO/c1-5-11(6-2)10-13-12(4,7-3)8-9-14/h11,13-14H,5-10H2,1-4H3. The summed E-state index contributed by atoms with van der Waals surface area (Å²) >= 11 is 0. The SMILES string of the molecule is CCC(CC)CNC(C)(CC)CCO. The minimum atomic E-state index is 0.122. The van der Waals surface area contributed by atoms with E-state index in [-0.39, 0.29) is 12.1 Å². The van der Waals surface area contributed by atoms with Crippen LogP contribution >= 0.6 is 0 Å². The second-order valence-electron chi connectivity index (χ2n) is 4.45. The van der Waals surface area contributed by atoms with Crippen molar-refractivity contribution in [1.82, 2.24) is 5.32 Å². The van der Waals surface area contributed by atoms with Crippen molar-refractivity contribution in [1.29, 1.82) is 0 Å². The Morgan fingerprint density at radius 1 is 1.21 bits per heavy atom. The van der Waals surface area contributed by atoms with Crippen LogP contribution in [-0.2, 0) is 0 Å². The average molecular weight is 201 g/mol. The number of hydrogen-bond acceptors (Lipinski definition) is 2. The maximum Gasteiger partial charge on any atom is 0.0448 e. The minimum absolute atomic E-state index is 0.122. The van der Waals surface area contributed by atoms with E-state index in [1.165, 1.54) is 12.8 Å². The van der Waals surface area contributed by atoms with Crippen LogP contribution in [0.5, 0.6) is 0 Å². The van der Waals surface area contributed by atoms with Gasteiger partial charge in [0.1, 0.15) is 0 Å². The number of nitrogens with one attached hydrogen (secondary N) is 1. The summed E-state index contributed by atoms with van der Waals surface area (Å²) in [6, 6.07) is 0. The van der Waals surface area contributed by atoms with Crippen molar-refractivity contribution >= 4 is 0 Å². The van der Waals surface area contributed by atoms with E-state index in [4.69, 9.17) is 5.11 Å². The summed E-state index contributed by atoms with van der Waals surface area (Å²) in [5.74, 6) is 0.777. The molecule has 2 N–H and O–H groups in total. The molecule has 0 aliphatic rings. The first-order chi connectivity index (χ1) is 6.61. The summed E-state index contributed by atoms with van der Waals surface area (Å²) < 4.78 is 0. The van der Waals surface area contributed by atoms with E-state index < -0.39 is 0 Å². The van der Waals surface area contributed by atoms with Crippen LogP contribution in [-0.4, -0.2) is 23.8 Å². The van der Waals surface area contributed by atoms with Crippen molar-refractivity contribution in [3.8, 4) is 0 Å². The average Bonchev–Trinajstić information content (AvgIpc) is 2.20. The summed E-state index contributed by atoms with van der Waals surface area (Å²) in [6.07, 6.45) is 4.40. The Kier molecular flexibility index (Phi) is 7.20. The van der Waals surface area contributed by atoms with E-state index in [0.29, 0.717) is 0 Å². The van der Waals surface area contributed by atoms with Gasteiger partial charge in [-0.05, 0) is 32.2 Å². The third-order valence-corrected chi connectivity index (χ3v) is 3.42. The van der Waals surface area contributed by atoms with Gasteiger partial charge in [-0.2, -0.15) is 0 Å². The van der Waals surface area contributed by atoms with Crippen LogP contribution in [0, 0.1) is 5.92 Å². The van der Waals surface area contributed by atoms with Crippen molar-refractivity contribution in [2.45, 2.75) is 58.9 Å². The van der Waals surface area contributed by atoms with E-state index in [0.717, 1.165) is 25.3 Å². The molecule has 0 aromatic heterocycles. The Morgan fingerprint density at radius 2 is 1.79 bits per heavy atom. The molecule has 14 heavy (non-hydrogen) atoms. The third kappa shape index (κ3) is 4.97. The molecular weight excluding hydrogens is 174 g/mol. The molecule has 0 heterocycles. The molecule has 1 atom stereocenters. The van der Waals surface area contributed by atoms with Gasteiger partial charge in [-0.15, -0.1) is 0 Å². The molecule has 0 aliphatic carbocycles. The monoisotopic (exact) mass is 201 g/mol. The molecule has 0 amide bonds. The van der Waals surface area contributed by atoms with Gasteiger partial charge in [0.25, 0.3) is 0 Å². The smallest absolute Gasteiger partial charge is 0.0448 e. The van der Waals surface area contributed by atoms with Crippen molar-refractivity contribution in [3.63, 3.8) is 0 Å². The van der Waals surface area contributed by atoms with Crippen molar-refractivity contribution in [3.05, 3.63) is 0 Å². The fourth-order valence-corrected chi connectivity index (χ4v) is 1.61. The van der Waals surface area contributed by atoms with Gasteiger partial charge in [0, 0.05) is 12.1 Å². The number of rotatable bonds is 8. The summed E-state index contributed by atoms with van der Waals surface area (Å²) in [5.41, 5.74) is 0.122. The fourth-order valence-electron chi connectivity index (χ4n) is 1.61. The molecule has 0 radical (unpaired) electrons. The Balaban J connectivity index is 3.92. The fraction of sp³-hybridized carbons (Fsp3) is 1.00. The van der Waals surface area contributed by atoms with Crippen molar-refractivity contribution in [2.24, 2.45) is 5.92 Å². The molecule has 0 aromatic rings. The highest BCUT2D eigenvalue weighted by Gasteiger charge is 2.21. The Hall–Kier alpha value is -0.0800. The van der Waals surface area contributed by atoms with Crippen LogP contribution in [0.15, 0.2) is 0 Å². The lowest BCUT2D eigenvalue weighted by atomic mass is 9.93. The molecule has 0 aliphatic heterocycles. The largest absolute Gasteiger partial charge is 0.396 e. The van der Waals surface area contributed by atoms with Crippen LogP contribution in [0.25, 0.3) is 0 Å². The zero-order chi connectivity index (χ0) is 11.0. The Bertz CT molecular complexity index is 134. The molecule has 2 heteroatoms. The molecule has 0 saturated heterocycles. The van der Waals surface area contributed by atoms with E-state index in [1.54, 1.807) is 0 Å². The van der Waals surface area contributed by atoms with Crippen LogP contribution in [0.3, 0.4) is 0 Å². The van der Waals surface area contributed by atoms with Gasteiger partial charge in [-0.25, -0.2) is 0 Å². The second kappa shape index (κ2) is 7.24. The van der Waals surface area contributed by atoms with E-state index in [1.807, 2.05) is 0 Å². The molecule has 0 aromatic carbocycles. The minimum Gasteiger partial charge on any atom is -0.396 e. The third-order valence-electron chi connectivity index (χ3n) is 3.42. The van der Waals surface area contributed by atoms with Gasteiger partial charge in [0.15, 0.2) is 0 Å². The van der Waals surface area contributed by atoms with Crippen LogP contribution in [0.1, 0.15) is 53.4 Å². The Morgan fingerprint density at radius 3 is 2.14 bits per heavy atom. The predicted octanol–water partition coefficient (Wildman–Crippen LogP) is 2.56. The predicted molar refractivity (Wildman–Crippen MR) is 62.5 cm³/mol. The lowest BCUT2D eigenvalue weighted by Gasteiger charge is -2.31. The lowest BCUT2D eigenvalue weighted by Crippen LogP contribution is -2.44. The van der Waals surface area contributed by atoms with Crippen LogP contribution in [0.2, 0.25) is 0 Å². The molecule has 0 fully saturated rings. The first-order valence-corrected chi connectivity index (χ1v) is 5.97. The maximum absolute atomic E-state index is 8.97.